The molecule has 0 aromatic heterocycles. The molecule has 0 aromatic carbocycles. The van der Waals surface area contributed by atoms with Crippen LogP contribution in [-0.2, 0) is 0 Å². The summed E-state index contributed by atoms with van der Waals surface area (Å²) in [6.07, 6.45) is 2.38. The zero-order valence-electron chi connectivity index (χ0n) is 6.52. The SMILES string of the molecule is [C-]#[N+]C(C)C(C)CCC. The summed E-state index contributed by atoms with van der Waals surface area (Å²) >= 11 is 0. The Morgan fingerprint density at radius 2 is 2.00 bits per heavy atom. The van der Waals surface area contributed by atoms with E-state index in [9.17, 15) is 0 Å². The lowest BCUT2D eigenvalue weighted by Gasteiger charge is -2.06. The Hall–Kier alpha value is -0.510. The highest BCUT2D eigenvalue weighted by molar-refractivity contribution is 4.77. The minimum atomic E-state index is 0.213. The lowest BCUT2D eigenvalue weighted by Crippen LogP contribution is -2.08. The average molecular weight is 125 g/mol. The summed E-state index contributed by atoms with van der Waals surface area (Å²) in [5, 5.41) is 0. The molecule has 0 aliphatic carbocycles. The van der Waals surface area contributed by atoms with Crippen molar-refractivity contribution in [2.45, 2.75) is 39.7 Å². The number of hydrogen-bond acceptors (Lipinski definition) is 0. The van der Waals surface area contributed by atoms with Crippen molar-refractivity contribution in [3.8, 4) is 0 Å². The molecule has 0 amide bonds. The van der Waals surface area contributed by atoms with E-state index in [0.29, 0.717) is 5.92 Å². The van der Waals surface area contributed by atoms with Crippen LogP contribution in [0.25, 0.3) is 4.85 Å². The fourth-order valence-corrected chi connectivity index (χ4v) is 0.824. The fraction of sp³-hybridized carbons (Fsp3) is 0.875. The molecule has 2 atom stereocenters. The van der Waals surface area contributed by atoms with Crippen molar-refractivity contribution in [1.29, 1.82) is 0 Å². The highest BCUT2D eigenvalue weighted by atomic mass is 14.7. The van der Waals surface area contributed by atoms with Gasteiger partial charge in [0.25, 0.3) is 0 Å². The first kappa shape index (κ1) is 8.49. The maximum atomic E-state index is 6.74. The zero-order chi connectivity index (χ0) is 7.28. The third-order valence-electron chi connectivity index (χ3n) is 1.77. The zero-order valence-corrected chi connectivity index (χ0v) is 6.52. The van der Waals surface area contributed by atoms with E-state index >= 15 is 0 Å². The van der Waals surface area contributed by atoms with Crippen LogP contribution in [0.1, 0.15) is 33.6 Å². The first-order valence-electron chi connectivity index (χ1n) is 3.59. The van der Waals surface area contributed by atoms with Gasteiger partial charge in [-0.25, -0.2) is 6.57 Å². The number of hydrogen-bond donors (Lipinski definition) is 0. The van der Waals surface area contributed by atoms with E-state index < -0.39 is 0 Å². The van der Waals surface area contributed by atoms with Gasteiger partial charge < -0.3 is 4.85 Å². The van der Waals surface area contributed by atoms with Gasteiger partial charge in [-0.15, -0.1) is 0 Å². The Kier molecular flexibility index (Phi) is 4.13. The molecule has 0 bridgehead atoms. The largest absolute Gasteiger partial charge is 0.314 e. The highest BCUT2D eigenvalue weighted by Gasteiger charge is 2.13. The van der Waals surface area contributed by atoms with Gasteiger partial charge in [-0.1, -0.05) is 20.3 Å². The fourth-order valence-electron chi connectivity index (χ4n) is 0.824. The van der Waals surface area contributed by atoms with Gasteiger partial charge in [0.15, 0.2) is 0 Å². The van der Waals surface area contributed by atoms with Crippen LogP contribution in [0.3, 0.4) is 0 Å². The second-order valence-corrected chi connectivity index (χ2v) is 2.64. The van der Waals surface area contributed by atoms with Crippen LogP contribution in [0, 0.1) is 12.5 Å². The maximum absolute atomic E-state index is 6.74. The summed E-state index contributed by atoms with van der Waals surface area (Å²) < 4.78 is 0. The first-order valence-corrected chi connectivity index (χ1v) is 3.59. The van der Waals surface area contributed by atoms with Crippen molar-refractivity contribution in [2.75, 3.05) is 0 Å². The van der Waals surface area contributed by atoms with Crippen molar-refractivity contribution < 1.29 is 0 Å². The van der Waals surface area contributed by atoms with Crippen molar-refractivity contribution in [2.24, 2.45) is 5.92 Å². The van der Waals surface area contributed by atoms with Crippen molar-refractivity contribution in [1.82, 2.24) is 0 Å². The summed E-state index contributed by atoms with van der Waals surface area (Å²) in [5.74, 6) is 0.576. The molecule has 0 rings (SSSR count). The molecule has 0 N–H and O–H groups in total. The van der Waals surface area contributed by atoms with E-state index in [2.05, 4.69) is 18.7 Å². The second kappa shape index (κ2) is 4.38. The van der Waals surface area contributed by atoms with Crippen LogP contribution in [-0.4, -0.2) is 6.04 Å². The molecular weight excluding hydrogens is 110 g/mol. The third-order valence-corrected chi connectivity index (χ3v) is 1.77. The van der Waals surface area contributed by atoms with Crippen LogP contribution in [0.15, 0.2) is 0 Å². The number of rotatable bonds is 3. The maximum Gasteiger partial charge on any atom is 0.223 e. The second-order valence-electron chi connectivity index (χ2n) is 2.64. The van der Waals surface area contributed by atoms with Crippen LogP contribution in [0.4, 0.5) is 0 Å². The van der Waals surface area contributed by atoms with Gasteiger partial charge in [-0.3, -0.25) is 0 Å². The van der Waals surface area contributed by atoms with Crippen LogP contribution < -0.4 is 0 Å². The summed E-state index contributed by atoms with van der Waals surface area (Å²) in [7, 11) is 0. The standard InChI is InChI=1S/C8H15N/c1-5-6-7(2)8(3)9-4/h7-8H,5-6H2,1-3H3. The molecule has 2 unspecified atom stereocenters. The van der Waals surface area contributed by atoms with Crippen molar-refractivity contribution in [3.05, 3.63) is 11.4 Å². The Bertz CT molecular complexity index is 102. The van der Waals surface area contributed by atoms with Gasteiger partial charge in [0.1, 0.15) is 0 Å². The Labute approximate surface area is 57.9 Å². The van der Waals surface area contributed by atoms with Gasteiger partial charge in [0, 0.05) is 12.8 Å². The normalized spacial score (nSPS) is 16.2. The Morgan fingerprint density at radius 1 is 1.44 bits per heavy atom. The molecule has 0 saturated heterocycles. The van der Waals surface area contributed by atoms with Gasteiger partial charge in [-0.2, -0.15) is 0 Å². The molecule has 0 aliphatic rings. The molecule has 0 aromatic rings. The van der Waals surface area contributed by atoms with E-state index in [4.69, 9.17) is 6.57 Å². The molecular formula is C8H15N. The van der Waals surface area contributed by atoms with Gasteiger partial charge in [0.2, 0.25) is 6.04 Å². The van der Waals surface area contributed by atoms with E-state index in [1.54, 1.807) is 0 Å². The summed E-state index contributed by atoms with van der Waals surface area (Å²) in [4.78, 5) is 3.46. The molecule has 0 fully saturated rings. The molecule has 0 heterocycles. The smallest absolute Gasteiger partial charge is 0.223 e. The molecule has 52 valence electrons. The van der Waals surface area contributed by atoms with Crippen LogP contribution in [0.2, 0.25) is 0 Å². The highest BCUT2D eigenvalue weighted by Crippen LogP contribution is 2.12. The van der Waals surface area contributed by atoms with Gasteiger partial charge >= 0.3 is 0 Å². The third kappa shape index (κ3) is 3.13. The number of nitrogens with zero attached hydrogens (tertiary/aromatic N) is 1. The topological polar surface area (TPSA) is 4.36 Å². The predicted molar refractivity (Wildman–Crippen MR) is 40.1 cm³/mol. The van der Waals surface area contributed by atoms with E-state index in [0.717, 1.165) is 0 Å². The van der Waals surface area contributed by atoms with Crippen molar-refractivity contribution in [3.63, 3.8) is 0 Å². The summed E-state index contributed by atoms with van der Waals surface area (Å²) in [6.45, 7) is 13.0. The van der Waals surface area contributed by atoms with E-state index in [1.165, 1.54) is 12.8 Å². The van der Waals surface area contributed by atoms with E-state index in [-0.39, 0.29) is 6.04 Å². The summed E-state index contributed by atoms with van der Waals surface area (Å²) in [5.41, 5.74) is 0. The quantitative estimate of drug-likeness (QED) is 0.511. The average Bonchev–Trinajstić information content (AvgIpc) is 1.87. The van der Waals surface area contributed by atoms with Gasteiger partial charge in [-0.05, 0) is 6.42 Å². The molecule has 9 heavy (non-hydrogen) atoms. The minimum Gasteiger partial charge on any atom is -0.314 e. The monoisotopic (exact) mass is 125 g/mol. The minimum absolute atomic E-state index is 0.213. The van der Waals surface area contributed by atoms with Gasteiger partial charge in [0.05, 0.1) is 0 Å². The molecule has 1 nitrogen and oxygen atoms in total. The molecule has 0 radical (unpaired) electrons. The lowest BCUT2D eigenvalue weighted by molar-refractivity contribution is 0.485. The predicted octanol–water partition coefficient (Wildman–Crippen LogP) is 2.73. The summed E-state index contributed by atoms with van der Waals surface area (Å²) in [6, 6.07) is 0.213. The first-order chi connectivity index (χ1) is 4.22. The van der Waals surface area contributed by atoms with E-state index in [1.807, 2.05) is 6.92 Å². The Balaban J connectivity index is 3.48. The Morgan fingerprint density at radius 3 is 2.33 bits per heavy atom. The van der Waals surface area contributed by atoms with Crippen LogP contribution >= 0.6 is 0 Å². The lowest BCUT2D eigenvalue weighted by atomic mass is 9.99. The van der Waals surface area contributed by atoms with Crippen LogP contribution in [0.5, 0.6) is 0 Å². The molecule has 0 spiro atoms. The van der Waals surface area contributed by atoms with Crippen molar-refractivity contribution >= 4 is 0 Å². The molecule has 1 heteroatoms. The molecule has 0 aliphatic heterocycles. The molecule has 0 saturated carbocycles.